The standard InChI is InChI=1S/C15H20N2O2/c1-16-13-7-9-15(16,10-8-13)17(14(18)19)11-12-5-3-2-4-6-12/h2-6,13H,7-11H2,1H3,(H,18,19). The summed E-state index contributed by atoms with van der Waals surface area (Å²) in [4.78, 5) is 15.6. The fraction of sp³-hybridized carbons (Fsp3) is 0.533. The highest BCUT2D eigenvalue weighted by molar-refractivity contribution is 5.66. The Balaban J connectivity index is 1.88. The van der Waals surface area contributed by atoms with E-state index >= 15 is 0 Å². The van der Waals surface area contributed by atoms with E-state index in [1.165, 1.54) is 0 Å². The molecule has 3 rings (SSSR count). The molecule has 1 aromatic rings. The summed E-state index contributed by atoms with van der Waals surface area (Å²) in [7, 11) is 2.08. The van der Waals surface area contributed by atoms with Crippen molar-refractivity contribution < 1.29 is 9.90 Å². The molecule has 0 aromatic heterocycles. The molecule has 2 heterocycles. The average Bonchev–Trinajstić information content (AvgIpc) is 2.91. The number of hydrogen-bond acceptors (Lipinski definition) is 2. The number of carbonyl (C=O) groups is 1. The van der Waals surface area contributed by atoms with Gasteiger partial charge < -0.3 is 5.11 Å². The van der Waals surface area contributed by atoms with E-state index in [2.05, 4.69) is 11.9 Å². The third-order valence-corrected chi connectivity index (χ3v) is 4.88. The number of fused-ring (bicyclic) bond motifs is 2. The van der Waals surface area contributed by atoms with Gasteiger partial charge in [0.25, 0.3) is 0 Å². The van der Waals surface area contributed by atoms with Crippen molar-refractivity contribution in [3.63, 3.8) is 0 Å². The number of hydrogen-bond donors (Lipinski definition) is 1. The lowest BCUT2D eigenvalue weighted by atomic mass is 9.93. The minimum Gasteiger partial charge on any atom is -0.465 e. The summed E-state index contributed by atoms with van der Waals surface area (Å²) < 4.78 is 0. The van der Waals surface area contributed by atoms with E-state index in [0.29, 0.717) is 12.6 Å². The summed E-state index contributed by atoms with van der Waals surface area (Å²) >= 11 is 0. The number of carboxylic acid groups (broad SMARTS) is 1. The maximum absolute atomic E-state index is 11.7. The molecule has 0 radical (unpaired) electrons. The van der Waals surface area contributed by atoms with Crippen LogP contribution in [0.25, 0.3) is 0 Å². The Hall–Kier alpha value is -1.55. The number of rotatable bonds is 3. The Labute approximate surface area is 113 Å². The Morgan fingerprint density at radius 2 is 2.00 bits per heavy atom. The summed E-state index contributed by atoms with van der Waals surface area (Å²) in [5, 5.41) is 9.63. The highest BCUT2D eigenvalue weighted by Crippen LogP contribution is 2.47. The maximum Gasteiger partial charge on any atom is 0.409 e. The fourth-order valence-corrected chi connectivity index (χ4v) is 3.76. The van der Waals surface area contributed by atoms with E-state index in [-0.39, 0.29) is 5.66 Å². The molecule has 4 nitrogen and oxygen atoms in total. The van der Waals surface area contributed by atoms with Gasteiger partial charge in [-0.2, -0.15) is 0 Å². The SMILES string of the molecule is CN1C2CCC1(N(Cc1ccccc1)C(=O)O)CC2. The lowest BCUT2D eigenvalue weighted by Gasteiger charge is -2.41. The Morgan fingerprint density at radius 3 is 2.47 bits per heavy atom. The lowest BCUT2D eigenvalue weighted by molar-refractivity contribution is 0.00150. The van der Waals surface area contributed by atoms with Gasteiger partial charge in [-0.3, -0.25) is 9.80 Å². The van der Waals surface area contributed by atoms with Crippen LogP contribution in [-0.2, 0) is 6.54 Å². The normalized spacial score (nSPS) is 29.6. The second-order valence-electron chi connectivity index (χ2n) is 5.68. The van der Waals surface area contributed by atoms with E-state index in [0.717, 1.165) is 31.2 Å². The van der Waals surface area contributed by atoms with Crippen LogP contribution in [0.4, 0.5) is 4.79 Å². The van der Waals surface area contributed by atoms with Crippen LogP contribution in [-0.4, -0.2) is 39.8 Å². The van der Waals surface area contributed by atoms with Gasteiger partial charge in [0.1, 0.15) is 0 Å². The van der Waals surface area contributed by atoms with Crippen LogP contribution < -0.4 is 0 Å². The van der Waals surface area contributed by atoms with Gasteiger partial charge in [0, 0.05) is 6.04 Å². The largest absolute Gasteiger partial charge is 0.465 e. The molecule has 2 fully saturated rings. The van der Waals surface area contributed by atoms with Crippen molar-refractivity contribution in [2.24, 2.45) is 0 Å². The molecule has 2 saturated heterocycles. The quantitative estimate of drug-likeness (QED) is 0.908. The summed E-state index contributed by atoms with van der Waals surface area (Å²) in [6.45, 7) is 0.479. The Bertz CT molecular complexity index is 466. The lowest BCUT2D eigenvalue weighted by Crippen LogP contribution is -2.55. The molecule has 2 aliphatic rings. The van der Waals surface area contributed by atoms with Crippen LogP contribution >= 0.6 is 0 Å². The first-order valence-corrected chi connectivity index (χ1v) is 6.91. The van der Waals surface area contributed by atoms with E-state index in [1.807, 2.05) is 30.3 Å². The van der Waals surface area contributed by atoms with Crippen LogP contribution in [0.2, 0.25) is 0 Å². The van der Waals surface area contributed by atoms with E-state index in [9.17, 15) is 9.90 Å². The molecular formula is C15H20N2O2. The zero-order valence-electron chi connectivity index (χ0n) is 11.2. The summed E-state index contributed by atoms with van der Waals surface area (Å²) in [6.07, 6.45) is 3.36. The zero-order valence-corrected chi connectivity index (χ0v) is 11.2. The Morgan fingerprint density at radius 1 is 1.37 bits per heavy atom. The summed E-state index contributed by atoms with van der Waals surface area (Å²) in [6, 6.07) is 10.4. The third kappa shape index (κ3) is 1.91. The molecule has 0 spiro atoms. The number of nitrogens with zero attached hydrogens (tertiary/aromatic N) is 2. The second kappa shape index (κ2) is 4.53. The monoisotopic (exact) mass is 260 g/mol. The molecule has 1 N–H and O–H groups in total. The summed E-state index contributed by atoms with van der Waals surface area (Å²) in [5.74, 6) is 0. The van der Waals surface area contributed by atoms with Crippen LogP contribution in [0.5, 0.6) is 0 Å². The minimum atomic E-state index is -0.807. The molecule has 1 aromatic carbocycles. The number of amides is 1. The summed E-state index contributed by atoms with van der Waals surface area (Å²) in [5.41, 5.74) is 0.787. The van der Waals surface area contributed by atoms with Crippen LogP contribution in [0.15, 0.2) is 30.3 Å². The van der Waals surface area contributed by atoms with Gasteiger partial charge in [0.2, 0.25) is 0 Å². The molecule has 102 valence electrons. The van der Waals surface area contributed by atoms with Gasteiger partial charge in [0.05, 0.1) is 12.2 Å². The molecule has 1 amide bonds. The average molecular weight is 260 g/mol. The van der Waals surface area contributed by atoms with Crippen molar-refractivity contribution in [1.29, 1.82) is 0 Å². The van der Waals surface area contributed by atoms with E-state index in [4.69, 9.17) is 0 Å². The Kier molecular flexibility index (Phi) is 2.97. The molecule has 2 aliphatic heterocycles. The molecule has 2 bridgehead atoms. The van der Waals surface area contributed by atoms with E-state index in [1.54, 1.807) is 4.90 Å². The van der Waals surface area contributed by atoms with E-state index < -0.39 is 6.09 Å². The topological polar surface area (TPSA) is 43.8 Å². The van der Waals surface area contributed by atoms with Gasteiger partial charge in [-0.05, 0) is 38.3 Å². The molecule has 0 aliphatic carbocycles. The predicted octanol–water partition coefficient (Wildman–Crippen LogP) is 2.75. The first kappa shape index (κ1) is 12.5. The molecule has 4 heteroatoms. The van der Waals surface area contributed by atoms with Gasteiger partial charge in [0.15, 0.2) is 0 Å². The first-order valence-electron chi connectivity index (χ1n) is 6.91. The van der Waals surface area contributed by atoms with Crippen molar-refractivity contribution in [3.05, 3.63) is 35.9 Å². The van der Waals surface area contributed by atoms with Crippen molar-refractivity contribution in [1.82, 2.24) is 9.80 Å². The molecular weight excluding hydrogens is 240 g/mol. The van der Waals surface area contributed by atoms with Gasteiger partial charge in [-0.25, -0.2) is 4.79 Å². The highest BCUT2D eigenvalue weighted by atomic mass is 16.4. The minimum absolute atomic E-state index is 0.271. The van der Waals surface area contributed by atoms with Crippen molar-refractivity contribution in [3.8, 4) is 0 Å². The van der Waals surface area contributed by atoms with Crippen molar-refractivity contribution in [2.45, 2.75) is 43.9 Å². The van der Waals surface area contributed by atoms with Crippen molar-refractivity contribution >= 4 is 6.09 Å². The predicted molar refractivity (Wildman–Crippen MR) is 72.8 cm³/mol. The van der Waals surface area contributed by atoms with Crippen LogP contribution in [0, 0.1) is 0 Å². The van der Waals surface area contributed by atoms with Gasteiger partial charge >= 0.3 is 6.09 Å². The third-order valence-electron chi connectivity index (χ3n) is 4.88. The van der Waals surface area contributed by atoms with Gasteiger partial charge in [-0.1, -0.05) is 30.3 Å². The second-order valence-corrected chi connectivity index (χ2v) is 5.68. The highest BCUT2D eigenvalue weighted by Gasteiger charge is 2.54. The van der Waals surface area contributed by atoms with Gasteiger partial charge in [-0.15, -0.1) is 0 Å². The smallest absolute Gasteiger partial charge is 0.409 e. The zero-order chi connectivity index (χ0) is 13.5. The first-order chi connectivity index (χ1) is 9.13. The fourth-order valence-electron chi connectivity index (χ4n) is 3.76. The van der Waals surface area contributed by atoms with Crippen LogP contribution in [0.1, 0.15) is 31.2 Å². The molecule has 0 saturated carbocycles. The van der Waals surface area contributed by atoms with Crippen molar-refractivity contribution in [2.75, 3.05) is 7.05 Å². The molecule has 19 heavy (non-hydrogen) atoms. The molecule has 0 unspecified atom stereocenters. The number of benzene rings is 1. The molecule has 0 atom stereocenters. The maximum atomic E-state index is 11.7. The van der Waals surface area contributed by atoms with Crippen LogP contribution in [0.3, 0.4) is 0 Å².